The smallest absolute Gasteiger partial charge is 0.00549 e. The Hall–Kier alpha value is -1.04. The van der Waals surface area contributed by atoms with Gasteiger partial charge in [-0.3, -0.25) is 0 Å². The lowest BCUT2D eigenvalue weighted by atomic mass is 9.57. The van der Waals surface area contributed by atoms with E-state index in [1.807, 2.05) is 0 Å². The lowest BCUT2D eigenvalue weighted by Gasteiger charge is -2.47. The second-order valence-electron chi connectivity index (χ2n) is 3.81. The first kappa shape index (κ1) is 6.47. The normalized spacial score (nSPS) is 41.3. The molecule has 0 heteroatoms. The summed E-state index contributed by atoms with van der Waals surface area (Å²) in [5.41, 5.74) is 1.66. The lowest BCUT2D eigenvalue weighted by molar-refractivity contribution is 0.262. The molecule has 0 nitrogen and oxygen atoms in total. The second-order valence-corrected chi connectivity index (χ2v) is 3.81. The van der Waals surface area contributed by atoms with Crippen molar-refractivity contribution in [2.75, 3.05) is 0 Å². The van der Waals surface area contributed by atoms with Crippen molar-refractivity contribution in [2.45, 2.75) is 6.42 Å². The first-order valence-electron chi connectivity index (χ1n) is 4.68. The van der Waals surface area contributed by atoms with E-state index in [2.05, 4.69) is 42.5 Å². The summed E-state index contributed by atoms with van der Waals surface area (Å²) < 4.78 is 0. The van der Waals surface area contributed by atoms with Gasteiger partial charge in [0.25, 0.3) is 0 Å². The lowest BCUT2D eigenvalue weighted by Crippen LogP contribution is -2.38. The van der Waals surface area contributed by atoms with Gasteiger partial charge >= 0.3 is 0 Å². The summed E-state index contributed by atoms with van der Waals surface area (Å²) in [6, 6.07) is 0. The van der Waals surface area contributed by atoms with Crippen LogP contribution in [0.2, 0.25) is 0 Å². The first-order valence-corrected chi connectivity index (χ1v) is 4.68. The number of fused-ring (bicyclic) bond motifs is 4. The Morgan fingerprint density at radius 2 is 2.00 bits per heavy atom. The Kier molecular flexibility index (Phi) is 1.20. The fourth-order valence-electron chi connectivity index (χ4n) is 2.63. The van der Waals surface area contributed by atoms with Gasteiger partial charge in [0.2, 0.25) is 0 Å². The zero-order chi connectivity index (χ0) is 7.97. The van der Waals surface area contributed by atoms with Crippen LogP contribution in [-0.4, -0.2) is 0 Å². The van der Waals surface area contributed by atoms with Gasteiger partial charge in [-0.2, -0.15) is 0 Å². The van der Waals surface area contributed by atoms with Crippen LogP contribution in [0.15, 0.2) is 48.1 Å². The van der Waals surface area contributed by atoms with Gasteiger partial charge in [0.1, 0.15) is 0 Å². The highest BCUT2D eigenvalue weighted by Crippen LogP contribution is 2.51. The standard InChI is InChI=1S/C12H12/c1-2-6-10-9(5-1)11-7-3-4-8-12(10)11/h1-7,9-10,12H,8H2. The summed E-state index contributed by atoms with van der Waals surface area (Å²) in [6.07, 6.45) is 17.1. The van der Waals surface area contributed by atoms with Crippen LogP contribution < -0.4 is 0 Å². The Bertz CT molecular complexity index is 315. The zero-order valence-electron chi connectivity index (χ0n) is 6.98. The van der Waals surface area contributed by atoms with Crippen molar-refractivity contribution in [3.63, 3.8) is 0 Å². The topological polar surface area (TPSA) is 0 Å². The predicted octanol–water partition coefficient (Wildman–Crippen LogP) is 2.86. The van der Waals surface area contributed by atoms with Crippen molar-refractivity contribution < 1.29 is 0 Å². The second kappa shape index (κ2) is 2.22. The van der Waals surface area contributed by atoms with Gasteiger partial charge in [-0.1, -0.05) is 48.1 Å². The predicted molar refractivity (Wildman–Crippen MR) is 50.6 cm³/mol. The molecule has 0 saturated heterocycles. The van der Waals surface area contributed by atoms with Gasteiger partial charge in [0, 0.05) is 5.92 Å². The average molecular weight is 156 g/mol. The van der Waals surface area contributed by atoms with Gasteiger partial charge in [-0.25, -0.2) is 0 Å². The molecule has 3 rings (SSSR count). The van der Waals surface area contributed by atoms with E-state index in [0.29, 0.717) is 0 Å². The summed E-state index contributed by atoms with van der Waals surface area (Å²) in [4.78, 5) is 0. The molecular weight excluding hydrogens is 144 g/mol. The monoisotopic (exact) mass is 156 g/mol. The minimum Gasteiger partial charge on any atom is -0.0839 e. The van der Waals surface area contributed by atoms with Gasteiger partial charge < -0.3 is 0 Å². The van der Waals surface area contributed by atoms with Gasteiger partial charge in [-0.15, -0.1) is 0 Å². The summed E-state index contributed by atoms with van der Waals surface area (Å²) >= 11 is 0. The molecule has 3 unspecified atom stereocenters. The van der Waals surface area contributed by atoms with Crippen molar-refractivity contribution in [2.24, 2.45) is 17.8 Å². The van der Waals surface area contributed by atoms with E-state index in [1.54, 1.807) is 5.57 Å². The SMILES string of the molecule is C1=CCC2C(=C1)C1C=CC=CC12. The molecule has 0 radical (unpaired) electrons. The maximum Gasteiger partial charge on any atom is 0.00549 e. The Labute approximate surface area is 73.0 Å². The fraction of sp³-hybridized carbons (Fsp3) is 0.333. The summed E-state index contributed by atoms with van der Waals surface area (Å²) in [6.45, 7) is 0. The molecule has 0 N–H and O–H groups in total. The third kappa shape index (κ3) is 0.677. The molecule has 1 saturated carbocycles. The first-order chi connectivity index (χ1) is 5.97. The van der Waals surface area contributed by atoms with Crippen LogP contribution in [0.1, 0.15) is 6.42 Å². The molecule has 0 spiro atoms. The molecule has 60 valence electrons. The molecule has 12 heavy (non-hydrogen) atoms. The zero-order valence-corrected chi connectivity index (χ0v) is 6.98. The third-order valence-electron chi connectivity index (χ3n) is 3.27. The van der Waals surface area contributed by atoms with E-state index in [-0.39, 0.29) is 0 Å². The number of rotatable bonds is 0. The minimum absolute atomic E-state index is 0.741. The van der Waals surface area contributed by atoms with Gasteiger partial charge in [0.05, 0.1) is 0 Å². The van der Waals surface area contributed by atoms with E-state index in [4.69, 9.17) is 0 Å². The molecule has 1 fully saturated rings. The van der Waals surface area contributed by atoms with Crippen molar-refractivity contribution in [3.8, 4) is 0 Å². The molecule has 0 aromatic carbocycles. The van der Waals surface area contributed by atoms with E-state index in [9.17, 15) is 0 Å². The number of hydrogen-bond donors (Lipinski definition) is 0. The molecule has 0 aromatic rings. The van der Waals surface area contributed by atoms with Crippen LogP contribution in [0, 0.1) is 17.8 Å². The molecule has 3 aliphatic rings. The average Bonchev–Trinajstić information content (AvgIpc) is 2.14. The molecule has 0 aliphatic heterocycles. The Morgan fingerprint density at radius 3 is 3.00 bits per heavy atom. The summed E-state index contributed by atoms with van der Waals surface area (Å²) in [5, 5.41) is 0. The van der Waals surface area contributed by atoms with E-state index >= 15 is 0 Å². The third-order valence-corrected chi connectivity index (χ3v) is 3.27. The highest BCUT2D eigenvalue weighted by Gasteiger charge is 2.42. The van der Waals surface area contributed by atoms with Crippen LogP contribution in [0.4, 0.5) is 0 Å². The van der Waals surface area contributed by atoms with E-state index in [0.717, 1.165) is 17.8 Å². The van der Waals surface area contributed by atoms with Crippen LogP contribution in [-0.2, 0) is 0 Å². The van der Waals surface area contributed by atoms with E-state index in [1.165, 1.54) is 6.42 Å². The maximum absolute atomic E-state index is 2.37. The molecular formula is C12H12. The Balaban J connectivity index is 1.98. The van der Waals surface area contributed by atoms with Crippen molar-refractivity contribution in [1.82, 2.24) is 0 Å². The largest absolute Gasteiger partial charge is 0.0839 e. The van der Waals surface area contributed by atoms with Gasteiger partial charge in [0.15, 0.2) is 0 Å². The fourth-order valence-corrected chi connectivity index (χ4v) is 2.63. The van der Waals surface area contributed by atoms with Crippen molar-refractivity contribution in [3.05, 3.63) is 48.1 Å². The molecule has 0 amide bonds. The molecule has 0 bridgehead atoms. The summed E-state index contributed by atoms with van der Waals surface area (Å²) in [5.74, 6) is 2.39. The van der Waals surface area contributed by atoms with Crippen LogP contribution in [0.3, 0.4) is 0 Å². The van der Waals surface area contributed by atoms with Gasteiger partial charge in [-0.05, 0) is 18.3 Å². The molecule has 3 atom stereocenters. The molecule has 3 aliphatic carbocycles. The van der Waals surface area contributed by atoms with Crippen molar-refractivity contribution >= 4 is 0 Å². The summed E-state index contributed by atoms with van der Waals surface area (Å²) in [7, 11) is 0. The molecule has 0 aromatic heterocycles. The van der Waals surface area contributed by atoms with Crippen LogP contribution in [0.25, 0.3) is 0 Å². The van der Waals surface area contributed by atoms with Crippen LogP contribution in [0.5, 0.6) is 0 Å². The quantitative estimate of drug-likeness (QED) is 0.506. The van der Waals surface area contributed by atoms with E-state index < -0.39 is 0 Å². The molecule has 0 heterocycles. The maximum atomic E-state index is 2.37. The minimum atomic E-state index is 0.741. The van der Waals surface area contributed by atoms with Crippen LogP contribution >= 0.6 is 0 Å². The highest BCUT2D eigenvalue weighted by molar-refractivity contribution is 5.40. The Morgan fingerprint density at radius 1 is 1.08 bits per heavy atom. The van der Waals surface area contributed by atoms with Crippen molar-refractivity contribution in [1.29, 1.82) is 0 Å². The number of hydrogen-bond acceptors (Lipinski definition) is 0. The number of allylic oxidation sites excluding steroid dienone is 8. The highest BCUT2D eigenvalue weighted by atomic mass is 14.5.